The number of hydrogen-bond donors (Lipinski definition) is 2. The molecule has 8 nitrogen and oxygen atoms in total. The molecule has 3 aromatic rings. The Bertz CT molecular complexity index is 909. The number of fused-ring (bicyclic) bond motifs is 1. The van der Waals surface area contributed by atoms with Crippen LogP contribution >= 0.6 is 0 Å². The van der Waals surface area contributed by atoms with Crippen molar-refractivity contribution in [3.05, 3.63) is 53.8 Å². The molecule has 0 fully saturated rings. The molecule has 1 aliphatic rings. The molecule has 0 radical (unpaired) electrons. The van der Waals surface area contributed by atoms with Crippen LogP contribution < -0.4 is 10.6 Å². The molecule has 1 atom stereocenters. The Labute approximate surface area is 143 Å². The number of urea groups is 1. The fourth-order valence-electron chi connectivity index (χ4n) is 3.00. The van der Waals surface area contributed by atoms with Gasteiger partial charge in [-0.25, -0.2) is 9.78 Å². The fraction of sp³-hybridized carbons (Fsp3) is 0.235. The lowest BCUT2D eigenvalue weighted by molar-refractivity contribution is 0.248. The molecule has 0 aliphatic heterocycles. The first-order valence-corrected chi connectivity index (χ1v) is 7.96. The van der Waals surface area contributed by atoms with Gasteiger partial charge < -0.3 is 9.84 Å². The summed E-state index contributed by atoms with van der Waals surface area (Å²) in [4.78, 5) is 24.3. The Morgan fingerprint density at radius 2 is 2.24 bits per heavy atom. The highest BCUT2D eigenvalue weighted by Gasteiger charge is 2.25. The van der Waals surface area contributed by atoms with Crippen molar-refractivity contribution < 1.29 is 9.32 Å². The van der Waals surface area contributed by atoms with Gasteiger partial charge in [0.1, 0.15) is 0 Å². The van der Waals surface area contributed by atoms with E-state index < -0.39 is 0 Å². The molecule has 8 heteroatoms. The zero-order chi connectivity index (χ0) is 17.2. The third kappa shape index (κ3) is 3.18. The number of carbonyl (C=O) groups excluding carboxylic acids is 1. The molecule has 25 heavy (non-hydrogen) atoms. The zero-order valence-electron chi connectivity index (χ0n) is 13.6. The minimum absolute atomic E-state index is 0.0345. The highest BCUT2D eigenvalue weighted by molar-refractivity contribution is 5.88. The second-order valence-corrected chi connectivity index (χ2v) is 5.83. The SMILES string of the molecule is Cc1nc(-c2ccc3c(c2)CCC3NC(=O)Nc2cnccn2)no1. The molecule has 1 unspecified atom stereocenters. The van der Waals surface area contributed by atoms with Crippen molar-refractivity contribution in [1.29, 1.82) is 0 Å². The Morgan fingerprint density at radius 1 is 1.32 bits per heavy atom. The van der Waals surface area contributed by atoms with Gasteiger partial charge in [0.15, 0.2) is 5.82 Å². The summed E-state index contributed by atoms with van der Waals surface area (Å²) in [6.07, 6.45) is 6.32. The molecule has 4 rings (SSSR count). The first-order valence-electron chi connectivity index (χ1n) is 7.96. The molecule has 2 amide bonds. The monoisotopic (exact) mass is 336 g/mol. The van der Waals surface area contributed by atoms with E-state index in [1.807, 2.05) is 12.1 Å². The summed E-state index contributed by atoms with van der Waals surface area (Å²) in [5, 5.41) is 9.61. The third-order valence-electron chi connectivity index (χ3n) is 4.12. The normalized spacial score (nSPS) is 15.6. The fourth-order valence-corrected chi connectivity index (χ4v) is 3.00. The number of carbonyl (C=O) groups is 1. The number of nitrogens with zero attached hydrogens (tertiary/aromatic N) is 4. The first kappa shape index (κ1) is 15.3. The molecular weight excluding hydrogens is 320 g/mol. The van der Waals surface area contributed by atoms with Gasteiger partial charge in [0.05, 0.1) is 12.2 Å². The van der Waals surface area contributed by atoms with Crippen LogP contribution in [-0.2, 0) is 6.42 Å². The maximum atomic E-state index is 12.1. The summed E-state index contributed by atoms with van der Waals surface area (Å²) in [6.45, 7) is 1.76. The largest absolute Gasteiger partial charge is 0.339 e. The van der Waals surface area contributed by atoms with Crippen LogP contribution in [0.1, 0.15) is 29.5 Å². The van der Waals surface area contributed by atoms with Crippen molar-refractivity contribution in [2.75, 3.05) is 5.32 Å². The van der Waals surface area contributed by atoms with Crippen molar-refractivity contribution in [2.24, 2.45) is 0 Å². The summed E-state index contributed by atoms with van der Waals surface area (Å²) >= 11 is 0. The van der Waals surface area contributed by atoms with Crippen LogP contribution in [0.5, 0.6) is 0 Å². The number of rotatable bonds is 3. The topological polar surface area (TPSA) is 106 Å². The van der Waals surface area contributed by atoms with E-state index in [4.69, 9.17) is 4.52 Å². The maximum absolute atomic E-state index is 12.1. The molecule has 0 bridgehead atoms. The Kier molecular flexibility index (Phi) is 3.85. The predicted octanol–water partition coefficient (Wildman–Crippen LogP) is 2.64. The van der Waals surface area contributed by atoms with E-state index in [1.54, 1.807) is 13.1 Å². The molecule has 1 aliphatic carbocycles. The highest BCUT2D eigenvalue weighted by Crippen LogP contribution is 2.33. The van der Waals surface area contributed by atoms with Crippen LogP contribution in [0.4, 0.5) is 10.6 Å². The number of aromatic nitrogens is 4. The number of aryl methyl sites for hydroxylation is 2. The number of amides is 2. The Hall–Kier alpha value is -3.29. The van der Waals surface area contributed by atoms with Gasteiger partial charge in [-0.1, -0.05) is 17.3 Å². The van der Waals surface area contributed by atoms with Crippen LogP contribution in [0.15, 0.2) is 41.3 Å². The number of benzene rings is 1. The number of anilines is 1. The zero-order valence-corrected chi connectivity index (χ0v) is 13.6. The van der Waals surface area contributed by atoms with Crippen molar-refractivity contribution in [2.45, 2.75) is 25.8 Å². The molecule has 2 heterocycles. The first-order chi connectivity index (χ1) is 12.2. The average Bonchev–Trinajstić information content (AvgIpc) is 3.22. The van der Waals surface area contributed by atoms with E-state index in [0.717, 1.165) is 24.0 Å². The Morgan fingerprint density at radius 3 is 3.00 bits per heavy atom. The second kappa shape index (κ2) is 6.31. The van der Waals surface area contributed by atoms with Gasteiger partial charge in [0.2, 0.25) is 11.7 Å². The smallest absolute Gasteiger partial charge is 0.320 e. The van der Waals surface area contributed by atoms with E-state index in [0.29, 0.717) is 17.5 Å². The number of nitrogens with one attached hydrogen (secondary N) is 2. The third-order valence-corrected chi connectivity index (χ3v) is 4.12. The van der Waals surface area contributed by atoms with Crippen LogP contribution in [0.2, 0.25) is 0 Å². The van der Waals surface area contributed by atoms with Crippen molar-refractivity contribution >= 4 is 11.8 Å². The predicted molar refractivity (Wildman–Crippen MR) is 89.7 cm³/mol. The van der Waals surface area contributed by atoms with E-state index in [9.17, 15) is 4.79 Å². The van der Waals surface area contributed by atoms with E-state index >= 15 is 0 Å². The summed E-state index contributed by atoms with van der Waals surface area (Å²) in [5.41, 5.74) is 3.21. The quantitative estimate of drug-likeness (QED) is 0.761. The van der Waals surface area contributed by atoms with Gasteiger partial charge in [-0.15, -0.1) is 0 Å². The lowest BCUT2D eigenvalue weighted by Gasteiger charge is -2.14. The molecule has 0 spiro atoms. The van der Waals surface area contributed by atoms with Crippen LogP contribution in [0.25, 0.3) is 11.4 Å². The lowest BCUT2D eigenvalue weighted by Crippen LogP contribution is -2.31. The molecule has 126 valence electrons. The van der Waals surface area contributed by atoms with E-state index in [2.05, 4.69) is 36.8 Å². The molecule has 0 saturated carbocycles. The molecular formula is C17H16N6O2. The average molecular weight is 336 g/mol. The van der Waals surface area contributed by atoms with Crippen molar-refractivity contribution in [3.8, 4) is 11.4 Å². The summed E-state index contributed by atoms with van der Waals surface area (Å²) in [6, 6.07) is 5.69. The summed E-state index contributed by atoms with van der Waals surface area (Å²) < 4.78 is 5.03. The van der Waals surface area contributed by atoms with Gasteiger partial charge in [-0.05, 0) is 30.0 Å². The minimum Gasteiger partial charge on any atom is -0.339 e. The van der Waals surface area contributed by atoms with E-state index in [-0.39, 0.29) is 12.1 Å². The minimum atomic E-state index is -0.295. The summed E-state index contributed by atoms with van der Waals surface area (Å²) in [7, 11) is 0. The van der Waals surface area contributed by atoms with Gasteiger partial charge >= 0.3 is 6.03 Å². The van der Waals surface area contributed by atoms with Crippen LogP contribution in [0.3, 0.4) is 0 Å². The number of hydrogen-bond acceptors (Lipinski definition) is 6. The molecule has 2 N–H and O–H groups in total. The van der Waals surface area contributed by atoms with E-state index in [1.165, 1.54) is 18.0 Å². The standard InChI is InChI=1S/C17H16N6O2/c1-10-20-16(23-25-10)12-2-4-13-11(8-12)3-5-14(13)21-17(24)22-15-9-18-6-7-19-15/h2,4,6-9,14H,3,5H2,1H3,(H2,19,21,22,24). The van der Waals surface area contributed by atoms with Gasteiger partial charge in [-0.2, -0.15) is 4.98 Å². The molecule has 1 aromatic carbocycles. The van der Waals surface area contributed by atoms with Gasteiger partial charge in [0.25, 0.3) is 0 Å². The molecule has 2 aromatic heterocycles. The van der Waals surface area contributed by atoms with Crippen LogP contribution in [-0.4, -0.2) is 26.1 Å². The van der Waals surface area contributed by atoms with Crippen molar-refractivity contribution in [3.63, 3.8) is 0 Å². The summed E-state index contributed by atoms with van der Waals surface area (Å²) in [5.74, 6) is 1.54. The Balaban J connectivity index is 1.47. The van der Waals surface area contributed by atoms with Crippen LogP contribution in [0, 0.1) is 6.92 Å². The second-order valence-electron chi connectivity index (χ2n) is 5.83. The van der Waals surface area contributed by atoms with Gasteiger partial charge in [-0.3, -0.25) is 10.3 Å². The highest BCUT2D eigenvalue weighted by atomic mass is 16.5. The lowest BCUT2D eigenvalue weighted by atomic mass is 10.0. The maximum Gasteiger partial charge on any atom is 0.320 e. The van der Waals surface area contributed by atoms with Crippen molar-refractivity contribution in [1.82, 2.24) is 25.4 Å². The van der Waals surface area contributed by atoms with Gasteiger partial charge in [0, 0.05) is 24.9 Å². The molecule has 0 saturated heterocycles.